The fraction of sp³-hybridized carbons (Fsp3) is 0.0417. The Balaban J connectivity index is 1.26. The minimum absolute atomic E-state index is 0.0108. The van der Waals surface area contributed by atoms with E-state index in [1.165, 1.54) is 111 Å². The maximum Gasteiger partial charge on any atom is 0.333 e. The van der Waals surface area contributed by atoms with Gasteiger partial charge in [0.05, 0.1) is 11.1 Å². The molecule has 4 heterocycles. The zero-order chi connectivity index (χ0) is 33.2. The highest BCUT2D eigenvalue weighted by molar-refractivity contribution is 6.90. The molecule has 4 aliphatic rings. The molecule has 9 aromatic rings. The largest absolute Gasteiger partial charge is 0.375 e. The van der Waals surface area contributed by atoms with Crippen molar-refractivity contribution in [3.05, 3.63) is 186 Å². The van der Waals surface area contributed by atoms with Crippen LogP contribution >= 0.6 is 0 Å². The Labute approximate surface area is 295 Å². The molecule has 3 aliphatic heterocycles. The smallest absolute Gasteiger partial charge is 0.333 e. The third-order valence-corrected chi connectivity index (χ3v) is 12.6. The van der Waals surface area contributed by atoms with E-state index < -0.39 is 5.41 Å². The van der Waals surface area contributed by atoms with E-state index in [0.29, 0.717) is 0 Å². The summed E-state index contributed by atoms with van der Waals surface area (Å²) in [5.74, 6) is 0. The van der Waals surface area contributed by atoms with Crippen LogP contribution in [0.25, 0.3) is 54.8 Å². The lowest BCUT2D eigenvalue weighted by molar-refractivity contribution is 0.753. The lowest BCUT2D eigenvalue weighted by atomic mass is 9.44. The molecule has 0 amide bonds. The van der Waals surface area contributed by atoms with E-state index in [-0.39, 0.29) is 6.85 Å². The molecule has 0 fully saturated rings. The van der Waals surface area contributed by atoms with E-state index in [9.17, 15) is 0 Å². The molecule has 0 saturated heterocycles. The molecule has 234 valence electrons. The van der Waals surface area contributed by atoms with Crippen molar-refractivity contribution in [3.8, 4) is 22.3 Å². The maximum absolute atomic E-state index is 2.72. The molecule has 0 radical (unpaired) electrons. The lowest BCUT2D eigenvalue weighted by Gasteiger charge is -2.49. The Morgan fingerprint density at radius 2 is 1.12 bits per heavy atom. The van der Waals surface area contributed by atoms with Crippen LogP contribution in [0.15, 0.2) is 158 Å². The van der Waals surface area contributed by atoms with Gasteiger partial charge in [0.2, 0.25) is 0 Å². The van der Waals surface area contributed by atoms with Crippen molar-refractivity contribution in [2.75, 3.05) is 4.90 Å². The van der Waals surface area contributed by atoms with Crippen molar-refractivity contribution in [1.82, 2.24) is 4.48 Å². The average molecular weight is 645 g/mol. The van der Waals surface area contributed by atoms with E-state index in [0.717, 1.165) is 0 Å². The molecule has 8 aromatic carbocycles. The number of hydrogen-bond acceptors (Lipinski definition) is 1. The molecule has 13 rings (SSSR count). The summed E-state index contributed by atoms with van der Waals surface area (Å²) in [6.07, 6.45) is 0. The van der Waals surface area contributed by atoms with E-state index >= 15 is 0 Å². The Kier molecular flexibility index (Phi) is 4.62. The van der Waals surface area contributed by atoms with Crippen LogP contribution in [0.3, 0.4) is 0 Å². The number of hydrogen-bond donors (Lipinski definition) is 0. The van der Waals surface area contributed by atoms with Crippen molar-refractivity contribution in [2.24, 2.45) is 0 Å². The Hall–Kier alpha value is -6.32. The number of benzene rings is 8. The number of aryl methyl sites for hydroxylation is 1. The molecule has 1 aromatic heterocycles. The summed E-state index contributed by atoms with van der Waals surface area (Å²) in [6.45, 7) is 2.28. The van der Waals surface area contributed by atoms with Crippen molar-refractivity contribution >= 4 is 67.4 Å². The number of para-hydroxylation sites is 3. The summed E-state index contributed by atoms with van der Waals surface area (Å²) in [6, 6.07) is 60.1. The minimum Gasteiger partial charge on any atom is -0.375 e. The number of fused-ring (bicyclic) bond motifs is 18. The van der Waals surface area contributed by atoms with Crippen molar-refractivity contribution in [1.29, 1.82) is 0 Å². The van der Waals surface area contributed by atoms with Gasteiger partial charge in [-0.25, -0.2) is 0 Å². The van der Waals surface area contributed by atoms with Crippen LogP contribution in [-0.4, -0.2) is 11.3 Å². The third-order valence-electron chi connectivity index (χ3n) is 12.6. The SMILES string of the molecule is Cc1cc2c3c(c1)N1c4ccccc4C4(c5ccccc5-c5ccccc54)c4cccc(c41)B3n1c3c-2cccc3c2ccc3ccccc3c21. The highest BCUT2D eigenvalue weighted by Crippen LogP contribution is 2.63. The molecular formula is C48H29BN2. The summed E-state index contributed by atoms with van der Waals surface area (Å²) in [4.78, 5) is 2.63. The van der Waals surface area contributed by atoms with Gasteiger partial charge in [-0.05, 0) is 79.9 Å². The van der Waals surface area contributed by atoms with Gasteiger partial charge in [-0.15, -0.1) is 0 Å². The van der Waals surface area contributed by atoms with Gasteiger partial charge >= 0.3 is 6.85 Å². The van der Waals surface area contributed by atoms with Crippen LogP contribution in [0.1, 0.15) is 27.8 Å². The average Bonchev–Trinajstić information content (AvgIpc) is 3.68. The van der Waals surface area contributed by atoms with Crippen LogP contribution in [0.5, 0.6) is 0 Å². The first-order valence-electron chi connectivity index (χ1n) is 18.1. The second kappa shape index (κ2) is 8.88. The second-order valence-electron chi connectivity index (χ2n) is 14.8. The normalized spacial score (nSPS) is 14.8. The molecule has 51 heavy (non-hydrogen) atoms. The molecule has 3 heteroatoms. The molecule has 0 atom stereocenters. The van der Waals surface area contributed by atoms with E-state index in [4.69, 9.17) is 0 Å². The number of aromatic nitrogens is 1. The number of nitrogens with zero attached hydrogens (tertiary/aromatic N) is 2. The standard InChI is InChI=1S/C48H29BN2/c1-28-26-36-34-17-10-16-33-35-25-24-29-12-2-3-13-30(29)45(35)51(46(33)34)49-41-22-11-21-40-47(41)50(43(27-28)44(36)49)42-23-9-8-20-39(42)48(40)37-18-6-4-14-31(37)32-15-5-7-19-38(32)48/h2-27H,1H3. The number of rotatable bonds is 0. The van der Waals surface area contributed by atoms with Gasteiger partial charge in [-0.3, -0.25) is 0 Å². The Morgan fingerprint density at radius 3 is 1.96 bits per heavy atom. The molecule has 0 saturated carbocycles. The van der Waals surface area contributed by atoms with E-state index in [1.807, 2.05) is 0 Å². The van der Waals surface area contributed by atoms with Gasteiger partial charge in [0.25, 0.3) is 0 Å². The molecule has 1 aliphatic carbocycles. The quantitative estimate of drug-likeness (QED) is 0.149. The van der Waals surface area contributed by atoms with Crippen molar-refractivity contribution in [3.63, 3.8) is 0 Å². The van der Waals surface area contributed by atoms with Crippen LogP contribution in [-0.2, 0) is 5.41 Å². The molecule has 2 nitrogen and oxygen atoms in total. The predicted octanol–water partition coefficient (Wildman–Crippen LogP) is 10.4. The zero-order valence-electron chi connectivity index (χ0n) is 28.0. The van der Waals surface area contributed by atoms with Crippen LogP contribution in [0.2, 0.25) is 0 Å². The molecule has 0 N–H and O–H groups in total. The first kappa shape index (κ1) is 26.5. The molecule has 0 bridgehead atoms. The summed E-state index contributed by atoms with van der Waals surface area (Å²) in [5.41, 5.74) is 20.9. The van der Waals surface area contributed by atoms with Gasteiger partial charge in [-0.1, -0.05) is 146 Å². The van der Waals surface area contributed by atoms with Crippen LogP contribution in [0.4, 0.5) is 17.1 Å². The monoisotopic (exact) mass is 644 g/mol. The van der Waals surface area contributed by atoms with Gasteiger partial charge in [-0.2, -0.15) is 0 Å². The van der Waals surface area contributed by atoms with Crippen LogP contribution < -0.4 is 15.8 Å². The fourth-order valence-electron chi connectivity index (χ4n) is 10.9. The predicted molar refractivity (Wildman–Crippen MR) is 213 cm³/mol. The Bertz CT molecular complexity index is 3030. The highest BCUT2D eigenvalue weighted by atomic mass is 15.2. The lowest BCUT2D eigenvalue weighted by Crippen LogP contribution is -2.58. The first-order valence-corrected chi connectivity index (χ1v) is 18.1. The van der Waals surface area contributed by atoms with Gasteiger partial charge < -0.3 is 9.38 Å². The molecule has 0 unspecified atom stereocenters. The minimum atomic E-state index is -0.441. The van der Waals surface area contributed by atoms with E-state index in [1.54, 1.807) is 0 Å². The van der Waals surface area contributed by atoms with E-state index in [2.05, 4.69) is 174 Å². The molecule has 1 spiro atoms. The van der Waals surface area contributed by atoms with Gasteiger partial charge in [0.1, 0.15) is 0 Å². The summed E-state index contributed by atoms with van der Waals surface area (Å²) in [7, 11) is 0. The highest BCUT2D eigenvalue weighted by Gasteiger charge is 2.55. The maximum atomic E-state index is 2.72. The second-order valence-corrected chi connectivity index (χ2v) is 14.8. The zero-order valence-corrected chi connectivity index (χ0v) is 28.0. The van der Waals surface area contributed by atoms with Gasteiger partial charge in [0.15, 0.2) is 0 Å². The summed E-state index contributed by atoms with van der Waals surface area (Å²) in [5, 5.41) is 5.24. The van der Waals surface area contributed by atoms with Crippen molar-refractivity contribution < 1.29 is 0 Å². The first-order chi connectivity index (χ1) is 25.2. The van der Waals surface area contributed by atoms with Gasteiger partial charge in [0, 0.05) is 44.1 Å². The number of anilines is 3. The van der Waals surface area contributed by atoms with Crippen LogP contribution in [0, 0.1) is 6.92 Å². The molecular weight excluding hydrogens is 615 g/mol. The Morgan fingerprint density at radius 1 is 0.471 bits per heavy atom. The van der Waals surface area contributed by atoms with Crippen molar-refractivity contribution in [2.45, 2.75) is 12.3 Å². The summed E-state index contributed by atoms with van der Waals surface area (Å²) >= 11 is 0. The third kappa shape index (κ3) is 2.87. The fourth-order valence-corrected chi connectivity index (χ4v) is 10.9. The topological polar surface area (TPSA) is 8.17 Å². The summed E-state index contributed by atoms with van der Waals surface area (Å²) < 4.78 is 2.72.